The summed E-state index contributed by atoms with van der Waals surface area (Å²) in [4.78, 5) is 2.61. The second kappa shape index (κ2) is 7.34. The van der Waals surface area contributed by atoms with Crippen molar-refractivity contribution in [3.05, 3.63) is 0 Å². The van der Waals surface area contributed by atoms with Gasteiger partial charge in [0.2, 0.25) is 0 Å². The van der Waals surface area contributed by atoms with Gasteiger partial charge in [0.1, 0.15) is 0 Å². The summed E-state index contributed by atoms with van der Waals surface area (Å²) in [6, 6.07) is 0. The van der Waals surface area contributed by atoms with Crippen molar-refractivity contribution in [2.24, 2.45) is 0 Å². The molecule has 2 nitrogen and oxygen atoms in total. The average Bonchev–Trinajstić information content (AvgIpc) is 2.41. The molecule has 1 aliphatic rings. The topological polar surface area (TPSA) is 15.3 Å². The van der Waals surface area contributed by atoms with Gasteiger partial charge >= 0.3 is 0 Å². The van der Waals surface area contributed by atoms with Crippen molar-refractivity contribution in [3.8, 4) is 0 Å². The fourth-order valence-corrected chi connectivity index (χ4v) is 1.89. The van der Waals surface area contributed by atoms with Gasteiger partial charge < -0.3 is 10.2 Å². The molecule has 78 valence electrons. The summed E-state index contributed by atoms with van der Waals surface area (Å²) in [6.07, 6.45) is 6.90. The third kappa shape index (κ3) is 5.27. The Balaban J connectivity index is 1.98. The molecule has 1 rings (SSSR count). The van der Waals surface area contributed by atoms with Gasteiger partial charge in [0.05, 0.1) is 0 Å². The smallest absolute Gasteiger partial charge is 0.0107 e. The second-order valence-corrected chi connectivity index (χ2v) is 4.01. The summed E-state index contributed by atoms with van der Waals surface area (Å²) in [5.41, 5.74) is 0. The highest BCUT2D eigenvalue weighted by Crippen LogP contribution is 2.02. The maximum absolute atomic E-state index is 3.44. The van der Waals surface area contributed by atoms with Crippen LogP contribution in [0.4, 0.5) is 0 Å². The molecule has 0 radical (unpaired) electrons. The van der Waals surface area contributed by atoms with E-state index in [2.05, 4.69) is 17.1 Å². The van der Waals surface area contributed by atoms with Crippen LogP contribution in [0.25, 0.3) is 0 Å². The summed E-state index contributed by atoms with van der Waals surface area (Å²) in [5.74, 6) is 0. The Labute approximate surface area is 82.7 Å². The largest absolute Gasteiger partial charge is 0.315 e. The molecule has 0 aromatic rings. The minimum Gasteiger partial charge on any atom is -0.315 e. The fraction of sp³-hybridized carbons (Fsp3) is 1.00. The van der Waals surface area contributed by atoms with Gasteiger partial charge in [-0.25, -0.2) is 0 Å². The van der Waals surface area contributed by atoms with Crippen molar-refractivity contribution in [2.45, 2.75) is 39.0 Å². The Hall–Kier alpha value is -0.0800. The normalized spacial score (nSPS) is 20.1. The van der Waals surface area contributed by atoms with Gasteiger partial charge in [-0.2, -0.15) is 0 Å². The quantitative estimate of drug-likeness (QED) is 0.656. The van der Waals surface area contributed by atoms with E-state index in [1.54, 1.807) is 0 Å². The summed E-state index contributed by atoms with van der Waals surface area (Å²) in [7, 11) is 0. The minimum absolute atomic E-state index is 1.19. The van der Waals surface area contributed by atoms with Crippen LogP contribution >= 0.6 is 0 Å². The van der Waals surface area contributed by atoms with Gasteiger partial charge in [-0.05, 0) is 32.5 Å². The molecule has 0 saturated carbocycles. The monoisotopic (exact) mass is 184 g/mol. The Bertz CT molecular complexity index is 107. The van der Waals surface area contributed by atoms with Crippen LogP contribution in [0.3, 0.4) is 0 Å². The van der Waals surface area contributed by atoms with E-state index in [1.165, 1.54) is 64.8 Å². The van der Waals surface area contributed by atoms with Crippen molar-refractivity contribution < 1.29 is 0 Å². The standard InChI is InChI=1S/C11H24N2/c1-2-3-4-5-9-13-10-6-7-12-8-11-13/h12H,2-11H2,1H3. The lowest BCUT2D eigenvalue weighted by Gasteiger charge is -2.18. The molecule has 1 aliphatic heterocycles. The summed E-state index contributed by atoms with van der Waals surface area (Å²) >= 11 is 0. The van der Waals surface area contributed by atoms with E-state index in [0.29, 0.717) is 0 Å². The van der Waals surface area contributed by atoms with Gasteiger partial charge in [0, 0.05) is 13.1 Å². The van der Waals surface area contributed by atoms with E-state index in [9.17, 15) is 0 Å². The Morgan fingerprint density at radius 1 is 1.08 bits per heavy atom. The summed E-state index contributed by atoms with van der Waals surface area (Å²) in [5, 5.41) is 3.44. The molecule has 0 bridgehead atoms. The molecular formula is C11H24N2. The molecule has 0 aromatic heterocycles. The molecule has 1 saturated heterocycles. The Morgan fingerprint density at radius 2 is 2.00 bits per heavy atom. The zero-order valence-electron chi connectivity index (χ0n) is 9.02. The van der Waals surface area contributed by atoms with Gasteiger partial charge in [-0.3, -0.25) is 0 Å². The van der Waals surface area contributed by atoms with Crippen LogP contribution in [0, 0.1) is 0 Å². The molecule has 0 unspecified atom stereocenters. The van der Waals surface area contributed by atoms with Crippen molar-refractivity contribution in [1.29, 1.82) is 0 Å². The minimum atomic E-state index is 1.19. The van der Waals surface area contributed by atoms with Crippen LogP contribution in [-0.2, 0) is 0 Å². The number of unbranched alkanes of at least 4 members (excludes halogenated alkanes) is 3. The summed E-state index contributed by atoms with van der Waals surface area (Å²) < 4.78 is 0. The molecule has 2 heteroatoms. The van der Waals surface area contributed by atoms with Gasteiger partial charge in [0.25, 0.3) is 0 Å². The van der Waals surface area contributed by atoms with E-state index in [4.69, 9.17) is 0 Å². The molecule has 1 fully saturated rings. The molecule has 0 atom stereocenters. The molecule has 13 heavy (non-hydrogen) atoms. The number of nitrogens with zero attached hydrogens (tertiary/aromatic N) is 1. The lowest BCUT2D eigenvalue weighted by Crippen LogP contribution is -2.29. The van der Waals surface area contributed by atoms with Crippen molar-refractivity contribution in [3.63, 3.8) is 0 Å². The van der Waals surface area contributed by atoms with Crippen molar-refractivity contribution in [2.75, 3.05) is 32.7 Å². The first kappa shape index (κ1) is 11.0. The average molecular weight is 184 g/mol. The Kier molecular flexibility index (Phi) is 6.21. The van der Waals surface area contributed by atoms with Crippen LogP contribution in [0.15, 0.2) is 0 Å². The fourth-order valence-electron chi connectivity index (χ4n) is 1.89. The van der Waals surface area contributed by atoms with Crippen LogP contribution in [0.5, 0.6) is 0 Å². The van der Waals surface area contributed by atoms with E-state index in [0.717, 1.165) is 0 Å². The predicted octanol–water partition coefficient (Wildman–Crippen LogP) is 1.86. The second-order valence-electron chi connectivity index (χ2n) is 4.01. The maximum atomic E-state index is 3.44. The number of rotatable bonds is 5. The SMILES string of the molecule is CCCCCCN1CCCNCC1. The van der Waals surface area contributed by atoms with Crippen molar-refractivity contribution >= 4 is 0 Å². The molecule has 1 N–H and O–H groups in total. The molecular weight excluding hydrogens is 160 g/mol. The first-order valence-corrected chi connectivity index (χ1v) is 5.86. The third-order valence-corrected chi connectivity index (χ3v) is 2.76. The molecule has 0 aliphatic carbocycles. The number of hydrogen-bond donors (Lipinski definition) is 1. The first-order valence-electron chi connectivity index (χ1n) is 5.86. The molecule has 0 spiro atoms. The van der Waals surface area contributed by atoms with Crippen LogP contribution < -0.4 is 5.32 Å². The van der Waals surface area contributed by atoms with Crippen molar-refractivity contribution in [1.82, 2.24) is 10.2 Å². The molecule has 0 aromatic carbocycles. The van der Waals surface area contributed by atoms with Gasteiger partial charge in [-0.1, -0.05) is 26.2 Å². The first-order chi connectivity index (χ1) is 6.43. The summed E-state index contributed by atoms with van der Waals surface area (Å²) in [6.45, 7) is 8.56. The maximum Gasteiger partial charge on any atom is 0.0107 e. The number of hydrogen-bond acceptors (Lipinski definition) is 2. The van der Waals surface area contributed by atoms with Gasteiger partial charge in [-0.15, -0.1) is 0 Å². The third-order valence-electron chi connectivity index (χ3n) is 2.76. The zero-order valence-corrected chi connectivity index (χ0v) is 9.02. The lowest BCUT2D eigenvalue weighted by atomic mass is 10.2. The number of nitrogens with one attached hydrogen (secondary N) is 1. The van der Waals surface area contributed by atoms with E-state index in [1.807, 2.05) is 0 Å². The predicted molar refractivity (Wildman–Crippen MR) is 58.1 cm³/mol. The van der Waals surface area contributed by atoms with E-state index < -0.39 is 0 Å². The van der Waals surface area contributed by atoms with E-state index in [-0.39, 0.29) is 0 Å². The lowest BCUT2D eigenvalue weighted by molar-refractivity contribution is 0.285. The van der Waals surface area contributed by atoms with Crippen LogP contribution in [-0.4, -0.2) is 37.6 Å². The molecule has 0 amide bonds. The molecule has 1 heterocycles. The van der Waals surface area contributed by atoms with Gasteiger partial charge in [0.15, 0.2) is 0 Å². The highest BCUT2D eigenvalue weighted by Gasteiger charge is 2.06. The zero-order chi connectivity index (χ0) is 9.36. The van der Waals surface area contributed by atoms with Crippen LogP contribution in [0.2, 0.25) is 0 Å². The van der Waals surface area contributed by atoms with Crippen LogP contribution in [0.1, 0.15) is 39.0 Å². The Morgan fingerprint density at radius 3 is 2.85 bits per heavy atom. The van der Waals surface area contributed by atoms with E-state index >= 15 is 0 Å². The highest BCUT2D eigenvalue weighted by atomic mass is 15.1. The highest BCUT2D eigenvalue weighted by molar-refractivity contribution is 4.65.